The van der Waals surface area contributed by atoms with Crippen LogP contribution in [0.2, 0.25) is 0 Å². The van der Waals surface area contributed by atoms with Crippen LogP contribution in [0.25, 0.3) is 0 Å². The van der Waals surface area contributed by atoms with Crippen LogP contribution in [0.1, 0.15) is 12.0 Å². The van der Waals surface area contributed by atoms with E-state index >= 15 is 0 Å². The largest absolute Gasteiger partial charge is 0.345 e. The average Bonchev–Trinajstić information content (AvgIpc) is 2.35. The SMILES string of the molecule is O=C(Cc1ccccc1)[C@H]1NC(=O)[C@@H]1CC1CNC1. The Labute approximate surface area is 112 Å². The van der Waals surface area contributed by atoms with Crippen molar-refractivity contribution in [3.8, 4) is 0 Å². The zero-order valence-electron chi connectivity index (χ0n) is 10.8. The molecular weight excluding hydrogens is 240 g/mol. The molecule has 2 aliphatic rings. The van der Waals surface area contributed by atoms with Crippen molar-refractivity contribution in [2.45, 2.75) is 18.9 Å². The van der Waals surface area contributed by atoms with Gasteiger partial charge < -0.3 is 10.6 Å². The standard InChI is InChI=1S/C15H18N2O2/c18-13(7-10-4-2-1-3-5-10)14-12(15(19)17-14)6-11-8-16-9-11/h1-5,11-12,14,16H,6-9H2,(H,17,19)/t12-,14+/m1/s1. The van der Waals surface area contributed by atoms with E-state index in [1.54, 1.807) is 0 Å². The van der Waals surface area contributed by atoms with Crippen LogP contribution in [0.5, 0.6) is 0 Å². The van der Waals surface area contributed by atoms with E-state index in [2.05, 4.69) is 10.6 Å². The lowest BCUT2D eigenvalue weighted by molar-refractivity contribution is -0.143. The van der Waals surface area contributed by atoms with Gasteiger partial charge in [-0.3, -0.25) is 9.59 Å². The summed E-state index contributed by atoms with van der Waals surface area (Å²) >= 11 is 0. The van der Waals surface area contributed by atoms with Crippen LogP contribution < -0.4 is 10.6 Å². The lowest BCUT2D eigenvalue weighted by Gasteiger charge is -2.40. The van der Waals surface area contributed by atoms with Crippen LogP contribution in [0, 0.1) is 11.8 Å². The second-order valence-electron chi connectivity index (χ2n) is 5.48. The smallest absolute Gasteiger partial charge is 0.226 e. The molecule has 0 spiro atoms. The Morgan fingerprint density at radius 2 is 1.95 bits per heavy atom. The van der Waals surface area contributed by atoms with Crippen molar-refractivity contribution in [1.82, 2.24) is 10.6 Å². The first kappa shape index (κ1) is 12.4. The number of nitrogens with one attached hydrogen (secondary N) is 2. The lowest BCUT2D eigenvalue weighted by atomic mass is 9.78. The van der Waals surface area contributed by atoms with Crippen LogP contribution in [0.3, 0.4) is 0 Å². The van der Waals surface area contributed by atoms with E-state index in [-0.39, 0.29) is 23.7 Å². The van der Waals surface area contributed by atoms with Crippen molar-refractivity contribution in [3.63, 3.8) is 0 Å². The van der Waals surface area contributed by atoms with Gasteiger partial charge in [0.1, 0.15) is 0 Å². The van der Waals surface area contributed by atoms with E-state index in [9.17, 15) is 9.59 Å². The Kier molecular flexibility index (Phi) is 3.34. The summed E-state index contributed by atoms with van der Waals surface area (Å²) in [7, 11) is 0. The highest BCUT2D eigenvalue weighted by molar-refractivity contribution is 6.00. The van der Waals surface area contributed by atoms with Gasteiger partial charge in [0.15, 0.2) is 5.78 Å². The van der Waals surface area contributed by atoms with Crippen LogP contribution in [-0.4, -0.2) is 30.8 Å². The van der Waals surface area contributed by atoms with Gasteiger partial charge in [-0.25, -0.2) is 0 Å². The van der Waals surface area contributed by atoms with Gasteiger partial charge >= 0.3 is 0 Å². The Morgan fingerprint density at radius 1 is 1.21 bits per heavy atom. The van der Waals surface area contributed by atoms with Gasteiger partial charge in [-0.15, -0.1) is 0 Å². The number of rotatable bonds is 5. The number of hydrogen-bond acceptors (Lipinski definition) is 3. The monoisotopic (exact) mass is 258 g/mol. The molecule has 4 heteroatoms. The maximum atomic E-state index is 12.2. The minimum Gasteiger partial charge on any atom is -0.345 e. The molecule has 2 atom stereocenters. The van der Waals surface area contributed by atoms with Crippen LogP contribution in [0.4, 0.5) is 0 Å². The summed E-state index contributed by atoms with van der Waals surface area (Å²) in [6, 6.07) is 9.42. The molecule has 100 valence electrons. The average molecular weight is 258 g/mol. The van der Waals surface area contributed by atoms with E-state index < -0.39 is 0 Å². The third-order valence-electron chi connectivity index (χ3n) is 4.06. The van der Waals surface area contributed by atoms with Crippen molar-refractivity contribution in [3.05, 3.63) is 35.9 Å². The summed E-state index contributed by atoms with van der Waals surface area (Å²) in [6.45, 7) is 1.95. The fourth-order valence-electron chi connectivity index (χ4n) is 2.75. The number of Topliss-reactive ketones (excluding diaryl/α,β-unsaturated/α-hetero) is 1. The van der Waals surface area contributed by atoms with Gasteiger partial charge in [-0.1, -0.05) is 30.3 Å². The molecule has 1 amide bonds. The van der Waals surface area contributed by atoms with E-state index in [0.717, 1.165) is 25.1 Å². The molecule has 2 heterocycles. The predicted molar refractivity (Wildman–Crippen MR) is 71.6 cm³/mol. The first-order valence-electron chi connectivity index (χ1n) is 6.82. The van der Waals surface area contributed by atoms with E-state index in [4.69, 9.17) is 0 Å². The van der Waals surface area contributed by atoms with E-state index in [1.807, 2.05) is 30.3 Å². The van der Waals surface area contributed by atoms with Crippen molar-refractivity contribution < 1.29 is 9.59 Å². The molecule has 0 saturated carbocycles. The highest BCUT2D eigenvalue weighted by Gasteiger charge is 2.44. The normalized spacial score (nSPS) is 26.2. The molecule has 1 aromatic rings. The maximum Gasteiger partial charge on any atom is 0.226 e. The number of ketones is 1. The highest BCUT2D eigenvalue weighted by atomic mass is 16.2. The molecule has 0 radical (unpaired) electrons. The molecule has 1 aromatic carbocycles. The molecule has 0 bridgehead atoms. The lowest BCUT2D eigenvalue weighted by Crippen LogP contribution is -2.63. The molecule has 0 unspecified atom stereocenters. The number of amides is 1. The zero-order chi connectivity index (χ0) is 13.2. The molecule has 2 aliphatic heterocycles. The second kappa shape index (κ2) is 5.13. The Hall–Kier alpha value is -1.68. The summed E-state index contributed by atoms with van der Waals surface area (Å²) < 4.78 is 0. The minimum atomic E-state index is -0.270. The number of β-lactam (4-membered cyclic amide) rings is 1. The predicted octanol–water partition coefficient (Wildman–Crippen LogP) is 0.522. The van der Waals surface area contributed by atoms with Crippen LogP contribution in [-0.2, 0) is 16.0 Å². The zero-order valence-corrected chi connectivity index (χ0v) is 10.8. The number of carbonyl (C=O) groups is 2. The van der Waals surface area contributed by atoms with Gasteiger partial charge in [-0.2, -0.15) is 0 Å². The Balaban J connectivity index is 1.58. The molecule has 0 aliphatic carbocycles. The summed E-state index contributed by atoms with van der Waals surface area (Å²) in [6.07, 6.45) is 1.25. The fraction of sp³-hybridized carbons (Fsp3) is 0.467. The van der Waals surface area contributed by atoms with Gasteiger partial charge in [-0.05, 0) is 31.0 Å². The topological polar surface area (TPSA) is 58.2 Å². The van der Waals surface area contributed by atoms with Crippen molar-refractivity contribution in [2.24, 2.45) is 11.8 Å². The maximum absolute atomic E-state index is 12.2. The molecule has 0 aromatic heterocycles. The molecule has 19 heavy (non-hydrogen) atoms. The molecule has 2 fully saturated rings. The Morgan fingerprint density at radius 3 is 2.53 bits per heavy atom. The summed E-state index contributed by atoms with van der Waals surface area (Å²) in [5, 5.41) is 5.95. The summed E-state index contributed by atoms with van der Waals surface area (Å²) in [4.78, 5) is 23.8. The fourth-order valence-corrected chi connectivity index (χ4v) is 2.75. The first-order chi connectivity index (χ1) is 9.24. The van der Waals surface area contributed by atoms with E-state index in [1.165, 1.54) is 0 Å². The third kappa shape index (κ3) is 2.54. The molecular formula is C15H18N2O2. The molecule has 2 N–H and O–H groups in total. The van der Waals surface area contributed by atoms with Crippen LogP contribution in [0.15, 0.2) is 30.3 Å². The third-order valence-corrected chi connectivity index (χ3v) is 4.06. The van der Waals surface area contributed by atoms with E-state index in [0.29, 0.717) is 12.3 Å². The molecule has 2 saturated heterocycles. The number of hydrogen-bond donors (Lipinski definition) is 2. The first-order valence-corrected chi connectivity index (χ1v) is 6.82. The van der Waals surface area contributed by atoms with Crippen molar-refractivity contribution in [2.75, 3.05) is 13.1 Å². The second-order valence-corrected chi connectivity index (χ2v) is 5.48. The van der Waals surface area contributed by atoms with Crippen molar-refractivity contribution >= 4 is 11.7 Å². The number of benzene rings is 1. The van der Waals surface area contributed by atoms with Gasteiger partial charge in [0.05, 0.1) is 12.0 Å². The minimum absolute atomic E-state index is 0.0401. The summed E-state index contributed by atoms with van der Waals surface area (Å²) in [5.41, 5.74) is 1.01. The highest BCUT2D eigenvalue weighted by Crippen LogP contribution is 2.26. The van der Waals surface area contributed by atoms with Gasteiger partial charge in [0.2, 0.25) is 5.91 Å². The molecule has 3 rings (SSSR count). The Bertz CT molecular complexity index is 482. The van der Waals surface area contributed by atoms with Gasteiger partial charge in [0.25, 0.3) is 0 Å². The number of carbonyl (C=O) groups excluding carboxylic acids is 2. The summed E-state index contributed by atoms with van der Waals surface area (Å²) in [5.74, 6) is 0.618. The molecule has 4 nitrogen and oxygen atoms in total. The van der Waals surface area contributed by atoms with Crippen molar-refractivity contribution in [1.29, 1.82) is 0 Å². The van der Waals surface area contributed by atoms with Gasteiger partial charge in [0, 0.05) is 6.42 Å². The van der Waals surface area contributed by atoms with Crippen LogP contribution >= 0.6 is 0 Å². The quantitative estimate of drug-likeness (QED) is 0.757.